The Kier molecular flexibility index (Phi) is 7.58. The number of hydrogen-bond acceptors (Lipinski definition) is 7. The van der Waals surface area contributed by atoms with Crippen LogP contribution in [-0.2, 0) is 24.9 Å². The highest BCUT2D eigenvalue weighted by atomic mass is 16.6. The molecule has 4 heterocycles. The van der Waals surface area contributed by atoms with E-state index in [1.807, 2.05) is 56.0 Å². The number of piperidine rings is 1. The van der Waals surface area contributed by atoms with Crippen LogP contribution in [0.3, 0.4) is 0 Å². The maximum absolute atomic E-state index is 13.9. The number of alkyl carbamates (subject to hydrolysis) is 1. The minimum absolute atomic E-state index is 0.109. The van der Waals surface area contributed by atoms with Gasteiger partial charge >= 0.3 is 11.8 Å². The van der Waals surface area contributed by atoms with Gasteiger partial charge in [0.1, 0.15) is 5.60 Å². The lowest BCUT2D eigenvalue weighted by molar-refractivity contribution is 0.0499. The smallest absolute Gasteiger partial charge is 0.407 e. The molecule has 0 saturated carbocycles. The number of benzene rings is 1. The lowest BCUT2D eigenvalue weighted by Gasteiger charge is -2.34. The summed E-state index contributed by atoms with van der Waals surface area (Å²) in [5.41, 5.74) is 0.800. The Morgan fingerprint density at radius 1 is 1.20 bits per heavy atom. The van der Waals surface area contributed by atoms with Crippen LogP contribution in [0, 0.1) is 11.8 Å². The van der Waals surface area contributed by atoms with E-state index in [0.717, 1.165) is 29.3 Å². The van der Waals surface area contributed by atoms with Gasteiger partial charge in [-0.25, -0.2) is 9.59 Å². The molecule has 0 radical (unpaired) electrons. The molecule has 11 nitrogen and oxygen atoms in total. The Labute approximate surface area is 237 Å². The molecule has 0 spiro atoms. The van der Waals surface area contributed by atoms with Crippen LogP contribution in [0.5, 0.6) is 0 Å². The Morgan fingerprint density at radius 3 is 2.76 bits per heavy atom. The molecule has 41 heavy (non-hydrogen) atoms. The molecule has 1 aliphatic rings. The van der Waals surface area contributed by atoms with Crippen LogP contribution in [0.2, 0.25) is 0 Å². The summed E-state index contributed by atoms with van der Waals surface area (Å²) in [5, 5.41) is 3.89. The molecule has 214 valence electrons. The molecule has 1 aliphatic heterocycles. The number of nitrogens with zero attached hydrogens (tertiary/aromatic N) is 6. The van der Waals surface area contributed by atoms with E-state index in [1.54, 1.807) is 24.7 Å². The lowest BCUT2D eigenvalue weighted by atomic mass is 10.1. The maximum atomic E-state index is 13.9. The van der Waals surface area contributed by atoms with Gasteiger partial charge in [-0.2, -0.15) is 4.98 Å². The second-order valence-corrected chi connectivity index (χ2v) is 11.3. The first kappa shape index (κ1) is 28.0. The normalized spacial score (nSPS) is 15.5. The van der Waals surface area contributed by atoms with E-state index in [-0.39, 0.29) is 19.1 Å². The molecule has 11 heteroatoms. The van der Waals surface area contributed by atoms with Gasteiger partial charge in [0, 0.05) is 37.8 Å². The van der Waals surface area contributed by atoms with E-state index in [0.29, 0.717) is 30.2 Å². The molecule has 1 saturated heterocycles. The van der Waals surface area contributed by atoms with Crippen molar-refractivity contribution in [2.75, 3.05) is 18.0 Å². The number of hydrogen-bond donors (Lipinski definition) is 1. The van der Waals surface area contributed by atoms with Crippen molar-refractivity contribution < 1.29 is 9.53 Å². The summed E-state index contributed by atoms with van der Waals surface area (Å²) in [4.78, 5) is 51.0. The zero-order valence-corrected chi connectivity index (χ0v) is 24.1. The fourth-order valence-electron chi connectivity index (χ4n) is 5.21. The van der Waals surface area contributed by atoms with E-state index in [1.165, 1.54) is 9.13 Å². The maximum Gasteiger partial charge on any atom is 0.407 e. The molecule has 1 unspecified atom stereocenters. The SMILES string of the molecule is CC#CCn1c(N2CCCC(NC(=O)OC(C)(C)C)C2)nc2c1c(=O)n(Cc1ccc3ncccc3c1)c(=O)n2C. The Hall–Kier alpha value is -4.59. The zero-order valence-electron chi connectivity index (χ0n) is 24.1. The van der Waals surface area contributed by atoms with Gasteiger partial charge in [-0.05, 0) is 64.3 Å². The van der Waals surface area contributed by atoms with Crippen LogP contribution in [0.25, 0.3) is 22.1 Å². The molecular formula is C30H35N7O4. The van der Waals surface area contributed by atoms with Crippen molar-refractivity contribution in [2.45, 2.75) is 65.3 Å². The predicted octanol–water partition coefficient (Wildman–Crippen LogP) is 3.01. The minimum Gasteiger partial charge on any atom is -0.444 e. The van der Waals surface area contributed by atoms with Crippen molar-refractivity contribution in [3.8, 4) is 11.8 Å². The van der Waals surface area contributed by atoms with Gasteiger partial charge in [0.15, 0.2) is 11.2 Å². The fourth-order valence-corrected chi connectivity index (χ4v) is 5.21. The first-order valence-electron chi connectivity index (χ1n) is 13.7. The highest BCUT2D eigenvalue weighted by Gasteiger charge is 2.29. The first-order valence-corrected chi connectivity index (χ1v) is 13.7. The van der Waals surface area contributed by atoms with Crippen molar-refractivity contribution in [2.24, 2.45) is 7.05 Å². The number of aromatic nitrogens is 5. The van der Waals surface area contributed by atoms with Crippen molar-refractivity contribution in [3.05, 3.63) is 62.9 Å². The van der Waals surface area contributed by atoms with Gasteiger partial charge in [-0.1, -0.05) is 18.1 Å². The van der Waals surface area contributed by atoms with Crippen LogP contribution in [0.4, 0.5) is 10.7 Å². The molecule has 3 aromatic heterocycles. The Bertz CT molecular complexity index is 1800. The molecule has 4 aromatic rings. The number of aryl methyl sites for hydroxylation is 1. The standard InChI is InChI=1S/C30H35N7O4/c1-6-7-16-36-24-25(33-27(36)35-15-9-11-22(19-35)32-28(39)41-30(2,3)4)34(5)29(40)37(26(24)38)18-20-12-13-23-21(17-20)10-8-14-31-23/h8,10,12-14,17,22H,9,11,15-16,18-19H2,1-5H3,(H,32,39). The van der Waals surface area contributed by atoms with Gasteiger partial charge in [0.2, 0.25) is 5.95 Å². The number of imidazole rings is 1. The average molecular weight is 558 g/mol. The highest BCUT2D eigenvalue weighted by molar-refractivity contribution is 5.79. The third-order valence-corrected chi connectivity index (χ3v) is 7.06. The third-order valence-electron chi connectivity index (χ3n) is 7.06. The summed E-state index contributed by atoms with van der Waals surface area (Å²) in [6.07, 6.45) is 2.86. The third kappa shape index (κ3) is 5.82. The summed E-state index contributed by atoms with van der Waals surface area (Å²) in [6.45, 7) is 8.72. The van der Waals surface area contributed by atoms with E-state index in [2.05, 4.69) is 22.1 Å². The number of rotatable bonds is 5. The van der Waals surface area contributed by atoms with Crippen molar-refractivity contribution >= 4 is 34.1 Å². The average Bonchev–Trinajstić information content (AvgIpc) is 3.32. The lowest BCUT2D eigenvalue weighted by Crippen LogP contribution is -2.49. The number of amides is 1. The summed E-state index contributed by atoms with van der Waals surface area (Å²) in [6, 6.07) is 9.34. The van der Waals surface area contributed by atoms with E-state index < -0.39 is 22.9 Å². The molecule has 0 aliphatic carbocycles. The summed E-state index contributed by atoms with van der Waals surface area (Å²) >= 11 is 0. The Balaban J connectivity index is 1.54. The first-order chi connectivity index (χ1) is 19.6. The van der Waals surface area contributed by atoms with Crippen LogP contribution in [-0.4, -0.2) is 54.5 Å². The molecular weight excluding hydrogens is 522 g/mol. The van der Waals surface area contributed by atoms with Gasteiger partial charge < -0.3 is 15.0 Å². The fraction of sp³-hybridized carbons (Fsp3) is 0.433. The second-order valence-electron chi connectivity index (χ2n) is 11.3. The topological polar surface area (TPSA) is 116 Å². The number of carbonyl (C=O) groups is 1. The number of ether oxygens (including phenoxy) is 1. The van der Waals surface area contributed by atoms with Gasteiger partial charge in [-0.3, -0.25) is 23.5 Å². The van der Waals surface area contributed by atoms with Crippen LogP contribution in [0.1, 0.15) is 46.1 Å². The molecule has 0 bridgehead atoms. The molecule has 1 aromatic carbocycles. The van der Waals surface area contributed by atoms with E-state index in [9.17, 15) is 14.4 Å². The predicted molar refractivity (Wildman–Crippen MR) is 158 cm³/mol. The molecule has 1 fully saturated rings. The molecule has 1 atom stereocenters. The van der Waals surface area contributed by atoms with Crippen LogP contribution < -0.4 is 21.5 Å². The van der Waals surface area contributed by atoms with Crippen molar-refractivity contribution in [1.29, 1.82) is 0 Å². The van der Waals surface area contributed by atoms with Gasteiger partial charge in [0.05, 0.1) is 18.6 Å². The number of pyridine rings is 1. The number of anilines is 1. The van der Waals surface area contributed by atoms with Gasteiger partial charge in [-0.15, -0.1) is 5.92 Å². The number of carbonyl (C=O) groups excluding carboxylic acids is 1. The monoisotopic (exact) mass is 557 g/mol. The van der Waals surface area contributed by atoms with Crippen molar-refractivity contribution in [1.82, 2.24) is 29.0 Å². The molecule has 1 N–H and O–H groups in total. The van der Waals surface area contributed by atoms with Crippen LogP contribution in [0.15, 0.2) is 46.1 Å². The summed E-state index contributed by atoms with van der Waals surface area (Å²) in [7, 11) is 1.63. The minimum atomic E-state index is -0.598. The highest BCUT2D eigenvalue weighted by Crippen LogP contribution is 2.24. The van der Waals surface area contributed by atoms with E-state index in [4.69, 9.17) is 9.72 Å². The molecule has 5 rings (SSSR count). The van der Waals surface area contributed by atoms with Crippen molar-refractivity contribution in [3.63, 3.8) is 0 Å². The number of fused-ring (bicyclic) bond motifs is 2. The summed E-state index contributed by atoms with van der Waals surface area (Å²) in [5.74, 6) is 6.50. The summed E-state index contributed by atoms with van der Waals surface area (Å²) < 4.78 is 9.88. The van der Waals surface area contributed by atoms with Crippen LogP contribution >= 0.6 is 0 Å². The largest absolute Gasteiger partial charge is 0.444 e. The zero-order chi connectivity index (χ0) is 29.3. The molecule has 1 amide bonds. The second kappa shape index (κ2) is 11.1. The van der Waals surface area contributed by atoms with E-state index >= 15 is 0 Å². The van der Waals surface area contributed by atoms with Gasteiger partial charge in [0.25, 0.3) is 5.56 Å². The quantitative estimate of drug-likeness (QED) is 0.375. The Morgan fingerprint density at radius 2 is 2.00 bits per heavy atom. The number of nitrogens with one attached hydrogen (secondary N) is 1.